The molecule has 0 atom stereocenters. The molecule has 1 amide bonds. The maximum Gasteiger partial charge on any atom is 0.254 e. The van der Waals surface area contributed by atoms with Crippen LogP contribution in [0.5, 0.6) is 0 Å². The van der Waals surface area contributed by atoms with Gasteiger partial charge in [0, 0.05) is 6.20 Å². The average molecular weight is 268 g/mol. The molecule has 2 aromatic rings. The van der Waals surface area contributed by atoms with Gasteiger partial charge in [-0.2, -0.15) is 0 Å². The van der Waals surface area contributed by atoms with E-state index < -0.39 is 5.91 Å². The highest BCUT2D eigenvalue weighted by molar-refractivity contribution is 5.96. The van der Waals surface area contributed by atoms with Gasteiger partial charge < -0.3 is 11.5 Å². The Balaban J connectivity index is 2.07. The molecule has 20 heavy (non-hydrogen) atoms. The van der Waals surface area contributed by atoms with E-state index in [1.165, 1.54) is 11.8 Å². The number of aromatic nitrogens is 2. The van der Waals surface area contributed by atoms with Gasteiger partial charge in [-0.25, -0.2) is 9.97 Å². The molecule has 0 spiro atoms. The standard InChI is InChI=1S/C15H16N4O/c16-12-11(13(17)20)9-18-14(19-12)15(7-4-8-15)10-5-2-1-3-6-10/h1-3,5-6,9H,4,7-8H2,(H2,17,20)(H2,16,18,19). The molecule has 1 aliphatic rings. The molecule has 1 saturated carbocycles. The largest absolute Gasteiger partial charge is 0.383 e. The van der Waals surface area contributed by atoms with Crippen LogP contribution in [-0.2, 0) is 5.41 Å². The van der Waals surface area contributed by atoms with Crippen molar-refractivity contribution >= 4 is 11.7 Å². The van der Waals surface area contributed by atoms with Crippen molar-refractivity contribution in [3.05, 3.63) is 53.5 Å². The first-order valence-corrected chi connectivity index (χ1v) is 6.62. The summed E-state index contributed by atoms with van der Waals surface area (Å²) in [6.45, 7) is 0. The van der Waals surface area contributed by atoms with Gasteiger partial charge >= 0.3 is 0 Å². The highest BCUT2D eigenvalue weighted by atomic mass is 16.1. The molecule has 1 fully saturated rings. The molecular formula is C15H16N4O. The maximum absolute atomic E-state index is 11.2. The van der Waals surface area contributed by atoms with Gasteiger partial charge in [0.05, 0.1) is 11.0 Å². The van der Waals surface area contributed by atoms with Crippen LogP contribution in [0.15, 0.2) is 36.5 Å². The topological polar surface area (TPSA) is 94.9 Å². The molecule has 5 heteroatoms. The molecular weight excluding hydrogens is 252 g/mol. The van der Waals surface area contributed by atoms with Crippen molar-refractivity contribution in [2.75, 3.05) is 5.73 Å². The summed E-state index contributed by atoms with van der Waals surface area (Å²) in [6.07, 6.45) is 4.55. The van der Waals surface area contributed by atoms with Crippen molar-refractivity contribution < 1.29 is 4.79 Å². The second kappa shape index (κ2) is 4.59. The number of carbonyl (C=O) groups excluding carboxylic acids is 1. The molecule has 3 rings (SSSR count). The zero-order valence-corrected chi connectivity index (χ0v) is 11.0. The molecule has 1 heterocycles. The first kappa shape index (κ1) is 12.6. The van der Waals surface area contributed by atoms with Gasteiger partial charge in [-0.1, -0.05) is 36.8 Å². The van der Waals surface area contributed by atoms with Crippen LogP contribution in [-0.4, -0.2) is 15.9 Å². The Morgan fingerprint density at radius 2 is 1.90 bits per heavy atom. The van der Waals surface area contributed by atoms with Crippen molar-refractivity contribution in [3.63, 3.8) is 0 Å². The van der Waals surface area contributed by atoms with Crippen LogP contribution in [0.2, 0.25) is 0 Å². The molecule has 0 unspecified atom stereocenters. The van der Waals surface area contributed by atoms with E-state index >= 15 is 0 Å². The SMILES string of the molecule is NC(=O)c1cnc(C2(c3ccccc3)CCC2)nc1N. The fraction of sp³-hybridized carbons (Fsp3) is 0.267. The highest BCUT2D eigenvalue weighted by Gasteiger charge is 2.43. The van der Waals surface area contributed by atoms with Gasteiger partial charge in [0.1, 0.15) is 11.6 Å². The van der Waals surface area contributed by atoms with Crippen molar-refractivity contribution in [1.29, 1.82) is 0 Å². The van der Waals surface area contributed by atoms with E-state index in [-0.39, 0.29) is 16.8 Å². The molecule has 1 aromatic carbocycles. The lowest BCUT2D eigenvalue weighted by Gasteiger charge is -2.41. The second-order valence-corrected chi connectivity index (χ2v) is 5.16. The molecule has 0 saturated heterocycles. The Labute approximate surface area is 117 Å². The van der Waals surface area contributed by atoms with E-state index in [9.17, 15) is 4.79 Å². The summed E-state index contributed by atoms with van der Waals surface area (Å²) < 4.78 is 0. The molecule has 0 radical (unpaired) electrons. The molecule has 5 nitrogen and oxygen atoms in total. The Bertz CT molecular complexity index is 650. The van der Waals surface area contributed by atoms with Crippen molar-refractivity contribution in [2.45, 2.75) is 24.7 Å². The summed E-state index contributed by atoms with van der Waals surface area (Å²) in [7, 11) is 0. The van der Waals surface area contributed by atoms with Gasteiger partial charge in [-0.3, -0.25) is 4.79 Å². The number of nitrogens with two attached hydrogens (primary N) is 2. The van der Waals surface area contributed by atoms with E-state index in [0.29, 0.717) is 5.82 Å². The van der Waals surface area contributed by atoms with E-state index in [1.807, 2.05) is 18.2 Å². The van der Waals surface area contributed by atoms with Crippen molar-refractivity contribution in [3.8, 4) is 0 Å². The fourth-order valence-corrected chi connectivity index (χ4v) is 2.74. The second-order valence-electron chi connectivity index (χ2n) is 5.16. The van der Waals surface area contributed by atoms with Gasteiger partial charge in [-0.15, -0.1) is 0 Å². The summed E-state index contributed by atoms with van der Waals surface area (Å²) in [4.78, 5) is 19.9. The third-order valence-electron chi connectivity index (χ3n) is 4.05. The minimum Gasteiger partial charge on any atom is -0.383 e. The molecule has 4 N–H and O–H groups in total. The van der Waals surface area contributed by atoms with Gasteiger partial charge in [-0.05, 0) is 18.4 Å². The van der Waals surface area contributed by atoms with E-state index in [0.717, 1.165) is 19.3 Å². The smallest absolute Gasteiger partial charge is 0.254 e. The number of nitrogen functional groups attached to an aromatic ring is 1. The first-order valence-electron chi connectivity index (χ1n) is 6.62. The lowest BCUT2D eigenvalue weighted by atomic mass is 9.64. The normalized spacial score (nSPS) is 16.4. The number of hydrogen-bond acceptors (Lipinski definition) is 4. The van der Waals surface area contributed by atoms with Crippen molar-refractivity contribution in [2.24, 2.45) is 5.73 Å². The number of rotatable bonds is 3. The molecule has 1 aliphatic carbocycles. The minimum absolute atomic E-state index is 0.157. The number of amides is 1. The highest BCUT2D eigenvalue weighted by Crippen LogP contribution is 2.47. The van der Waals surface area contributed by atoms with Crippen LogP contribution in [0, 0.1) is 0 Å². The number of primary amides is 1. The number of hydrogen-bond donors (Lipinski definition) is 2. The maximum atomic E-state index is 11.2. The zero-order valence-electron chi connectivity index (χ0n) is 11.0. The number of carbonyl (C=O) groups is 1. The summed E-state index contributed by atoms with van der Waals surface area (Å²) in [6, 6.07) is 10.2. The first-order chi connectivity index (χ1) is 9.63. The Hall–Kier alpha value is -2.43. The lowest BCUT2D eigenvalue weighted by Crippen LogP contribution is -2.37. The average Bonchev–Trinajstić information content (AvgIpc) is 2.38. The summed E-state index contributed by atoms with van der Waals surface area (Å²) in [5, 5.41) is 0. The number of benzene rings is 1. The van der Waals surface area contributed by atoms with Crippen LogP contribution < -0.4 is 11.5 Å². The predicted octanol–water partition coefficient (Wildman–Crippen LogP) is 1.63. The summed E-state index contributed by atoms with van der Waals surface area (Å²) in [5.74, 6) is 0.235. The Morgan fingerprint density at radius 1 is 1.20 bits per heavy atom. The summed E-state index contributed by atoms with van der Waals surface area (Å²) >= 11 is 0. The monoisotopic (exact) mass is 268 g/mol. The number of anilines is 1. The molecule has 0 aliphatic heterocycles. The fourth-order valence-electron chi connectivity index (χ4n) is 2.74. The van der Waals surface area contributed by atoms with Crippen LogP contribution in [0.1, 0.15) is 41.0 Å². The summed E-state index contributed by atoms with van der Waals surface area (Å²) in [5.41, 5.74) is 12.3. The zero-order chi connectivity index (χ0) is 14.2. The quantitative estimate of drug-likeness (QED) is 0.884. The van der Waals surface area contributed by atoms with Crippen LogP contribution in [0.4, 0.5) is 5.82 Å². The predicted molar refractivity (Wildman–Crippen MR) is 76.0 cm³/mol. The molecule has 0 bridgehead atoms. The molecule has 102 valence electrons. The van der Waals surface area contributed by atoms with Crippen LogP contribution in [0.25, 0.3) is 0 Å². The Kier molecular flexibility index (Phi) is 2.89. The van der Waals surface area contributed by atoms with Crippen molar-refractivity contribution in [1.82, 2.24) is 9.97 Å². The van der Waals surface area contributed by atoms with Crippen LogP contribution in [0.3, 0.4) is 0 Å². The van der Waals surface area contributed by atoms with Gasteiger partial charge in [0.25, 0.3) is 5.91 Å². The van der Waals surface area contributed by atoms with Gasteiger partial charge in [0.2, 0.25) is 0 Å². The lowest BCUT2D eigenvalue weighted by molar-refractivity contribution is 0.100. The third-order valence-corrected chi connectivity index (χ3v) is 4.05. The Morgan fingerprint density at radius 3 is 2.40 bits per heavy atom. The van der Waals surface area contributed by atoms with Crippen LogP contribution >= 0.6 is 0 Å². The van der Waals surface area contributed by atoms with Gasteiger partial charge in [0.15, 0.2) is 0 Å². The van der Waals surface area contributed by atoms with E-state index in [1.54, 1.807) is 0 Å². The minimum atomic E-state index is -0.601. The van der Waals surface area contributed by atoms with E-state index in [2.05, 4.69) is 22.1 Å². The number of nitrogens with zero attached hydrogens (tertiary/aromatic N) is 2. The van der Waals surface area contributed by atoms with E-state index in [4.69, 9.17) is 11.5 Å². The third kappa shape index (κ3) is 1.82. The molecule has 1 aromatic heterocycles.